The molecule has 3 heterocycles. The summed E-state index contributed by atoms with van der Waals surface area (Å²) >= 11 is 0. The highest BCUT2D eigenvalue weighted by molar-refractivity contribution is 5.79. The first-order valence-electron chi connectivity index (χ1n) is 14.3. The van der Waals surface area contributed by atoms with Crippen LogP contribution < -0.4 is 20.3 Å². The van der Waals surface area contributed by atoms with E-state index in [4.69, 9.17) is 9.72 Å². The maximum Gasteiger partial charge on any atom is 0.416 e. The summed E-state index contributed by atoms with van der Waals surface area (Å²) in [7, 11) is 0. The van der Waals surface area contributed by atoms with E-state index in [2.05, 4.69) is 10.6 Å². The number of carbonyl (C=O) groups is 1. The minimum absolute atomic E-state index is 0.00153. The molecule has 10 heteroatoms. The fourth-order valence-electron chi connectivity index (χ4n) is 5.93. The Morgan fingerprint density at radius 2 is 1.98 bits per heavy atom. The Hall–Kier alpha value is -4.10. The van der Waals surface area contributed by atoms with Crippen LogP contribution in [0.1, 0.15) is 42.9 Å². The highest BCUT2D eigenvalue weighted by Crippen LogP contribution is 2.39. The Morgan fingerprint density at radius 1 is 1.19 bits per heavy atom. The van der Waals surface area contributed by atoms with Crippen molar-refractivity contribution in [1.29, 1.82) is 5.26 Å². The molecule has 42 heavy (non-hydrogen) atoms. The van der Waals surface area contributed by atoms with Gasteiger partial charge in [0, 0.05) is 43.4 Å². The van der Waals surface area contributed by atoms with E-state index in [0.29, 0.717) is 51.3 Å². The van der Waals surface area contributed by atoms with Crippen LogP contribution in [0, 0.1) is 17.2 Å². The Bertz CT molecular complexity index is 1440. The average molecular weight is 578 g/mol. The van der Waals surface area contributed by atoms with Crippen LogP contribution in [0.3, 0.4) is 0 Å². The summed E-state index contributed by atoms with van der Waals surface area (Å²) in [6, 6.07) is 17.0. The largest absolute Gasteiger partial charge is 0.493 e. The van der Waals surface area contributed by atoms with Crippen molar-refractivity contribution >= 4 is 11.6 Å². The van der Waals surface area contributed by atoms with Crippen LogP contribution >= 0.6 is 0 Å². The van der Waals surface area contributed by atoms with Crippen LogP contribution in [0.15, 0.2) is 60.8 Å². The molecule has 0 bridgehead atoms. The molecule has 220 valence electrons. The number of halogens is 3. The molecule has 1 aromatic heterocycles. The first-order valence-corrected chi connectivity index (χ1v) is 14.3. The van der Waals surface area contributed by atoms with Crippen LogP contribution in [0.2, 0.25) is 0 Å². The second-order valence-corrected chi connectivity index (χ2v) is 10.9. The standard InChI is InChI=1S/C32H34F3N5O2/c1-2-42-29-6-4-3-5-26(29)27-9-7-25(20-38-27)31(21-39-30(41)22-11-14-37-19-22)12-15-40(16-13-31)28-10-8-24(32(33,34)35)17-23(28)18-36/h3-10,17,20,22,37H,2,11-16,19,21H2,1H3,(H,39,41)/t22-/m1/s1. The van der Waals surface area contributed by atoms with E-state index in [1.807, 2.05) is 60.5 Å². The van der Waals surface area contributed by atoms with Crippen LogP contribution in [0.5, 0.6) is 5.75 Å². The number of para-hydroxylation sites is 1. The Kier molecular flexibility index (Phi) is 8.69. The first-order chi connectivity index (χ1) is 20.2. The number of benzene rings is 2. The van der Waals surface area contributed by atoms with Gasteiger partial charge in [-0.25, -0.2) is 0 Å². The lowest BCUT2D eigenvalue weighted by atomic mass is 9.72. The van der Waals surface area contributed by atoms with E-state index in [1.165, 1.54) is 6.07 Å². The van der Waals surface area contributed by atoms with Gasteiger partial charge >= 0.3 is 6.18 Å². The molecule has 7 nitrogen and oxygen atoms in total. The molecule has 2 aliphatic rings. The van der Waals surface area contributed by atoms with Crippen LogP contribution in [-0.4, -0.2) is 50.2 Å². The minimum atomic E-state index is -4.52. The van der Waals surface area contributed by atoms with Crippen LogP contribution in [0.25, 0.3) is 11.3 Å². The minimum Gasteiger partial charge on any atom is -0.493 e. The lowest BCUT2D eigenvalue weighted by Crippen LogP contribution is -2.50. The number of hydrogen-bond donors (Lipinski definition) is 2. The molecule has 1 amide bonds. The summed E-state index contributed by atoms with van der Waals surface area (Å²) in [6.45, 7) is 5.39. The normalized spacial score (nSPS) is 18.4. The number of aromatic nitrogens is 1. The molecule has 2 N–H and O–H groups in total. The molecule has 2 fully saturated rings. The molecule has 2 saturated heterocycles. The van der Waals surface area contributed by atoms with Crippen LogP contribution in [-0.2, 0) is 16.4 Å². The van der Waals surface area contributed by atoms with E-state index < -0.39 is 17.2 Å². The molecular weight excluding hydrogens is 543 g/mol. The van der Waals surface area contributed by atoms with Gasteiger partial charge in [-0.05, 0) is 74.7 Å². The number of nitrogens with one attached hydrogen (secondary N) is 2. The molecule has 2 aromatic carbocycles. The number of ether oxygens (including phenoxy) is 1. The lowest BCUT2D eigenvalue weighted by molar-refractivity contribution is -0.137. The molecule has 0 radical (unpaired) electrons. The first kappa shape index (κ1) is 29.4. The number of piperidine rings is 1. The fourth-order valence-corrected chi connectivity index (χ4v) is 5.93. The van der Waals surface area contributed by atoms with Crippen molar-refractivity contribution in [1.82, 2.24) is 15.6 Å². The maximum absolute atomic E-state index is 13.3. The van der Waals surface area contributed by atoms with Gasteiger partial charge in [0.2, 0.25) is 5.91 Å². The predicted molar refractivity (Wildman–Crippen MR) is 154 cm³/mol. The van der Waals surface area contributed by atoms with Crippen molar-refractivity contribution < 1.29 is 22.7 Å². The Labute approximate surface area is 243 Å². The number of rotatable bonds is 8. The lowest BCUT2D eigenvalue weighted by Gasteiger charge is -2.43. The molecule has 0 saturated carbocycles. The van der Waals surface area contributed by atoms with Gasteiger partial charge in [0.05, 0.1) is 35.0 Å². The quantitative estimate of drug-likeness (QED) is 0.378. The Balaban J connectivity index is 1.40. The van der Waals surface area contributed by atoms with E-state index >= 15 is 0 Å². The smallest absolute Gasteiger partial charge is 0.416 e. The third-order valence-corrected chi connectivity index (χ3v) is 8.38. The number of nitrogens with zero attached hydrogens (tertiary/aromatic N) is 3. The molecule has 0 aliphatic carbocycles. The summed E-state index contributed by atoms with van der Waals surface area (Å²) < 4.78 is 45.5. The van der Waals surface area contributed by atoms with Gasteiger partial charge in [0.15, 0.2) is 0 Å². The number of nitriles is 1. The van der Waals surface area contributed by atoms with Gasteiger partial charge in [-0.3, -0.25) is 9.78 Å². The molecule has 1 atom stereocenters. The van der Waals surface area contributed by atoms with Gasteiger partial charge < -0.3 is 20.3 Å². The summed E-state index contributed by atoms with van der Waals surface area (Å²) in [5.74, 6) is 0.708. The van der Waals surface area contributed by atoms with E-state index in [9.17, 15) is 23.2 Å². The van der Waals surface area contributed by atoms with E-state index in [-0.39, 0.29) is 17.4 Å². The number of anilines is 1. The van der Waals surface area contributed by atoms with Crippen molar-refractivity contribution in [3.8, 4) is 23.1 Å². The third kappa shape index (κ3) is 6.21. The maximum atomic E-state index is 13.3. The zero-order chi connectivity index (χ0) is 29.7. The molecule has 2 aliphatic heterocycles. The van der Waals surface area contributed by atoms with Crippen molar-refractivity contribution in [2.75, 3.05) is 44.2 Å². The highest BCUT2D eigenvalue weighted by Gasteiger charge is 2.39. The van der Waals surface area contributed by atoms with Gasteiger partial charge in [-0.1, -0.05) is 18.2 Å². The van der Waals surface area contributed by atoms with Crippen LogP contribution in [0.4, 0.5) is 18.9 Å². The van der Waals surface area contributed by atoms with Gasteiger partial charge in [-0.2, -0.15) is 18.4 Å². The van der Waals surface area contributed by atoms with E-state index in [1.54, 1.807) is 0 Å². The fraction of sp³-hybridized carbons (Fsp3) is 0.406. The average Bonchev–Trinajstić information content (AvgIpc) is 3.55. The van der Waals surface area contributed by atoms with E-state index in [0.717, 1.165) is 47.7 Å². The second kappa shape index (κ2) is 12.4. The van der Waals surface area contributed by atoms with Gasteiger partial charge in [-0.15, -0.1) is 0 Å². The summed E-state index contributed by atoms with van der Waals surface area (Å²) in [4.78, 5) is 19.7. The van der Waals surface area contributed by atoms with Crippen molar-refractivity contribution in [3.05, 3.63) is 77.5 Å². The predicted octanol–water partition coefficient (Wildman–Crippen LogP) is 5.30. The van der Waals surface area contributed by atoms with Gasteiger partial charge in [0.1, 0.15) is 11.8 Å². The number of alkyl halides is 3. The molecule has 0 spiro atoms. The number of carbonyl (C=O) groups excluding carboxylic acids is 1. The summed E-state index contributed by atoms with van der Waals surface area (Å²) in [6.07, 6.45) is -0.614. The highest BCUT2D eigenvalue weighted by atomic mass is 19.4. The molecular formula is C32H34F3N5O2. The topological polar surface area (TPSA) is 90.3 Å². The van der Waals surface area contributed by atoms with Crippen molar-refractivity contribution in [2.24, 2.45) is 5.92 Å². The molecule has 3 aromatic rings. The monoisotopic (exact) mass is 577 g/mol. The number of amides is 1. The zero-order valence-electron chi connectivity index (χ0n) is 23.5. The zero-order valence-corrected chi connectivity index (χ0v) is 23.5. The number of pyridine rings is 1. The van der Waals surface area contributed by atoms with Gasteiger partial charge in [0.25, 0.3) is 0 Å². The SMILES string of the molecule is CCOc1ccccc1-c1ccc(C2(CNC(=O)[C@@H]3CCNC3)CCN(c3ccc(C(F)(F)F)cc3C#N)CC2)cn1. The summed E-state index contributed by atoms with van der Waals surface area (Å²) in [5, 5.41) is 16.0. The number of hydrogen-bond acceptors (Lipinski definition) is 6. The molecule has 5 rings (SSSR count). The third-order valence-electron chi connectivity index (χ3n) is 8.38. The van der Waals surface area contributed by atoms with Crippen molar-refractivity contribution in [2.45, 2.75) is 37.8 Å². The summed E-state index contributed by atoms with van der Waals surface area (Å²) in [5.41, 5.74) is 1.87. The molecule has 0 unspecified atom stereocenters. The second-order valence-electron chi connectivity index (χ2n) is 10.9. The Morgan fingerprint density at radius 3 is 2.62 bits per heavy atom. The van der Waals surface area contributed by atoms with Crippen molar-refractivity contribution in [3.63, 3.8) is 0 Å².